The number of nitrogens with two attached hydrogens (primary N) is 1. The zero-order chi connectivity index (χ0) is 20.9. The van der Waals surface area contributed by atoms with Crippen molar-refractivity contribution in [1.82, 2.24) is 19.9 Å². The molecule has 2 aliphatic rings. The lowest BCUT2D eigenvalue weighted by atomic mass is 10.1. The molecule has 7 atom stereocenters. The quantitative estimate of drug-likeness (QED) is 0.231. The number of anilines is 1. The van der Waals surface area contributed by atoms with Gasteiger partial charge in [-0.15, -0.1) is 0 Å². The van der Waals surface area contributed by atoms with E-state index in [2.05, 4.69) is 15.3 Å². The van der Waals surface area contributed by atoms with Gasteiger partial charge >= 0.3 is 0 Å². The number of aliphatic hydroxyl groups excluding tert-OH is 5. The molecule has 3 heterocycles. The van der Waals surface area contributed by atoms with E-state index in [1.54, 1.807) is 6.08 Å². The number of nitrogens with zero attached hydrogens (tertiary/aromatic N) is 2. The van der Waals surface area contributed by atoms with Gasteiger partial charge in [0.25, 0.3) is 5.56 Å². The smallest absolute Gasteiger partial charge is 0.262 e. The number of H-pyrrole nitrogens is 1. The fraction of sp³-hybridized carbons (Fsp3) is 0.529. The first kappa shape index (κ1) is 20.0. The standard InChI is InChI=1S/C17H23N5O7/c18-17-20-14-10(15(28)21-17)6(3-19-7-1-2-8(24)11(7)25)4-22(14)16-13(27)12(26)9(5-23)29-16/h1-2,4,7-9,11-13,16,19,23-27H,3,5H2,(H3,18,20,21,28)/t7-,8-,9+,11+,12-,13?,16+/m0/s1. The van der Waals surface area contributed by atoms with Gasteiger partial charge in [-0.1, -0.05) is 12.2 Å². The van der Waals surface area contributed by atoms with Gasteiger partial charge in [0.15, 0.2) is 11.9 Å². The van der Waals surface area contributed by atoms with Crippen molar-refractivity contribution in [1.29, 1.82) is 0 Å². The second-order valence-corrected chi connectivity index (χ2v) is 7.21. The Kier molecular flexibility index (Phi) is 5.16. The van der Waals surface area contributed by atoms with Crippen LogP contribution in [0.25, 0.3) is 11.0 Å². The number of ether oxygens (including phenoxy) is 1. The Labute approximate surface area is 163 Å². The highest BCUT2D eigenvalue weighted by Gasteiger charge is 2.44. The van der Waals surface area contributed by atoms with Crippen molar-refractivity contribution >= 4 is 17.0 Å². The normalized spacial score (nSPS) is 34.4. The fourth-order valence-electron chi connectivity index (χ4n) is 3.78. The monoisotopic (exact) mass is 409 g/mol. The van der Waals surface area contributed by atoms with E-state index in [0.29, 0.717) is 5.56 Å². The van der Waals surface area contributed by atoms with E-state index < -0.39 is 55.0 Å². The van der Waals surface area contributed by atoms with Crippen LogP contribution in [0.2, 0.25) is 0 Å². The molecule has 0 spiro atoms. The van der Waals surface area contributed by atoms with Crippen LogP contribution >= 0.6 is 0 Å². The number of hydrogen-bond acceptors (Lipinski definition) is 10. The number of aliphatic hydroxyl groups is 5. The molecule has 1 aliphatic carbocycles. The average Bonchev–Trinajstić information content (AvgIpc) is 3.29. The van der Waals surface area contributed by atoms with E-state index in [0.717, 1.165) is 0 Å². The van der Waals surface area contributed by atoms with Crippen molar-refractivity contribution in [2.75, 3.05) is 12.3 Å². The van der Waals surface area contributed by atoms with Crippen LogP contribution in [0.5, 0.6) is 0 Å². The van der Waals surface area contributed by atoms with Gasteiger partial charge in [0, 0.05) is 12.7 Å². The van der Waals surface area contributed by atoms with E-state index in [9.17, 15) is 30.3 Å². The van der Waals surface area contributed by atoms with Crippen LogP contribution in [0.4, 0.5) is 5.95 Å². The van der Waals surface area contributed by atoms with Gasteiger partial charge in [-0.05, 0) is 5.56 Å². The largest absolute Gasteiger partial charge is 0.394 e. The van der Waals surface area contributed by atoms with Crippen molar-refractivity contribution < 1.29 is 30.3 Å². The second-order valence-electron chi connectivity index (χ2n) is 7.21. The lowest BCUT2D eigenvalue weighted by molar-refractivity contribution is -0.0509. The summed E-state index contributed by atoms with van der Waals surface area (Å²) in [5.74, 6) is -0.134. The van der Waals surface area contributed by atoms with Gasteiger partial charge in [0.05, 0.1) is 24.1 Å². The van der Waals surface area contributed by atoms with E-state index in [1.165, 1.54) is 16.8 Å². The minimum absolute atomic E-state index is 0.131. The molecule has 1 fully saturated rings. The zero-order valence-corrected chi connectivity index (χ0v) is 15.2. The molecule has 158 valence electrons. The van der Waals surface area contributed by atoms with Gasteiger partial charge in [-0.3, -0.25) is 9.78 Å². The summed E-state index contributed by atoms with van der Waals surface area (Å²) in [6.07, 6.45) is -2.13. The molecule has 0 amide bonds. The summed E-state index contributed by atoms with van der Waals surface area (Å²) >= 11 is 0. The second kappa shape index (κ2) is 7.50. The maximum absolute atomic E-state index is 12.5. The van der Waals surface area contributed by atoms with Gasteiger partial charge in [-0.25, -0.2) is 0 Å². The predicted molar refractivity (Wildman–Crippen MR) is 99.6 cm³/mol. The number of hydrogen-bond donors (Lipinski definition) is 8. The van der Waals surface area contributed by atoms with Crippen molar-refractivity contribution in [3.05, 3.63) is 34.3 Å². The van der Waals surface area contributed by atoms with E-state index in [4.69, 9.17) is 10.5 Å². The van der Waals surface area contributed by atoms with Crippen LogP contribution in [0.15, 0.2) is 23.1 Å². The van der Waals surface area contributed by atoms with Crippen LogP contribution in [-0.4, -0.2) is 83.2 Å². The SMILES string of the molecule is Nc1nc2c(c(CN[C@H]3C=C[C@H](O)[C@@H]3O)cn2[C@@H]2O[C@H](CO)[C@H](O)C2O)c(=O)[nH]1. The van der Waals surface area contributed by atoms with Crippen LogP contribution in [0.3, 0.4) is 0 Å². The molecule has 29 heavy (non-hydrogen) atoms. The minimum atomic E-state index is -1.36. The van der Waals surface area contributed by atoms with Crippen molar-refractivity contribution in [3.8, 4) is 0 Å². The summed E-state index contributed by atoms with van der Waals surface area (Å²) in [4.78, 5) is 19.1. The Balaban J connectivity index is 1.71. The maximum Gasteiger partial charge on any atom is 0.262 e. The number of aromatic amines is 1. The highest BCUT2D eigenvalue weighted by molar-refractivity contribution is 5.80. The first-order valence-electron chi connectivity index (χ1n) is 9.11. The number of aromatic nitrogens is 3. The predicted octanol–water partition coefficient (Wildman–Crippen LogP) is -3.33. The number of rotatable bonds is 5. The van der Waals surface area contributed by atoms with Gasteiger partial charge in [0.2, 0.25) is 5.95 Å². The van der Waals surface area contributed by atoms with Crippen LogP contribution in [0, 0.1) is 0 Å². The fourth-order valence-corrected chi connectivity index (χ4v) is 3.78. The Hall–Kier alpha value is -2.32. The topological polar surface area (TPSA) is 199 Å². The molecule has 0 radical (unpaired) electrons. The van der Waals surface area contributed by atoms with Crippen molar-refractivity contribution in [2.24, 2.45) is 0 Å². The third-order valence-electron chi connectivity index (χ3n) is 5.33. The molecule has 4 rings (SSSR count). The van der Waals surface area contributed by atoms with Gasteiger partial charge in [-0.2, -0.15) is 4.98 Å². The first-order valence-corrected chi connectivity index (χ1v) is 9.11. The summed E-state index contributed by atoms with van der Waals surface area (Å²) in [7, 11) is 0. The summed E-state index contributed by atoms with van der Waals surface area (Å²) in [6, 6.07) is -0.516. The van der Waals surface area contributed by atoms with E-state index in [-0.39, 0.29) is 23.5 Å². The molecule has 0 saturated carbocycles. The molecule has 12 heteroatoms. The summed E-state index contributed by atoms with van der Waals surface area (Å²) in [5, 5.41) is 52.5. The molecule has 1 unspecified atom stereocenters. The molecule has 9 N–H and O–H groups in total. The number of nitrogens with one attached hydrogen (secondary N) is 2. The Morgan fingerprint density at radius 3 is 2.59 bits per heavy atom. The van der Waals surface area contributed by atoms with Crippen molar-refractivity contribution in [2.45, 2.75) is 49.3 Å². The van der Waals surface area contributed by atoms with Crippen LogP contribution in [0.1, 0.15) is 11.8 Å². The number of nitrogen functional groups attached to an aromatic ring is 1. The van der Waals surface area contributed by atoms with Crippen LogP contribution < -0.4 is 16.6 Å². The average molecular weight is 409 g/mol. The Morgan fingerprint density at radius 1 is 1.21 bits per heavy atom. The van der Waals surface area contributed by atoms with E-state index in [1.807, 2.05) is 0 Å². The highest BCUT2D eigenvalue weighted by atomic mass is 16.6. The Morgan fingerprint density at radius 2 is 1.97 bits per heavy atom. The first-order chi connectivity index (χ1) is 13.8. The van der Waals surface area contributed by atoms with Crippen molar-refractivity contribution in [3.63, 3.8) is 0 Å². The summed E-state index contributed by atoms with van der Waals surface area (Å²) in [6.45, 7) is -0.363. The molecular formula is C17H23N5O7. The molecule has 12 nitrogen and oxygen atoms in total. The summed E-state index contributed by atoms with van der Waals surface area (Å²) in [5.41, 5.74) is 5.78. The molecule has 1 saturated heterocycles. The van der Waals surface area contributed by atoms with Gasteiger partial charge < -0.3 is 45.9 Å². The highest BCUT2D eigenvalue weighted by Crippen LogP contribution is 2.32. The van der Waals surface area contributed by atoms with E-state index >= 15 is 0 Å². The molecular weight excluding hydrogens is 386 g/mol. The molecule has 2 aromatic heterocycles. The molecule has 0 bridgehead atoms. The summed E-state index contributed by atoms with van der Waals surface area (Å²) < 4.78 is 6.93. The molecule has 2 aromatic rings. The lowest BCUT2D eigenvalue weighted by Gasteiger charge is -2.18. The van der Waals surface area contributed by atoms with Gasteiger partial charge in [0.1, 0.15) is 24.4 Å². The third-order valence-corrected chi connectivity index (χ3v) is 5.33. The lowest BCUT2D eigenvalue weighted by Crippen LogP contribution is -2.40. The number of fused-ring (bicyclic) bond motifs is 1. The molecule has 0 aromatic carbocycles. The Bertz CT molecular complexity index is 988. The maximum atomic E-state index is 12.5. The minimum Gasteiger partial charge on any atom is -0.394 e. The zero-order valence-electron chi connectivity index (χ0n) is 15.2. The van der Waals surface area contributed by atoms with Crippen LogP contribution in [-0.2, 0) is 11.3 Å². The third kappa shape index (κ3) is 3.34. The molecule has 1 aliphatic heterocycles.